The number of rotatable bonds is 3. The molecule has 0 aromatic heterocycles. The van der Waals surface area contributed by atoms with E-state index in [1.165, 1.54) is 11.0 Å². The van der Waals surface area contributed by atoms with Crippen molar-refractivity contribution in [3.63, 3.8) is 0 Å². The van der Waals surface area contributed by atoms with Crippen LogP contribution in [0.4, 0.5) is 5.69 Å². The number of benzene rings is 2. The van der Waals surface area contributed by atoms with E-state index in [1.807, 2.05) is 30.5 Å². The quantitative estimate of drug-likeness (QED) is 0.341. The Morgan fingerprint density at radius 3 is 2.46 bits per heavy atom. The van der Waals surface area contributed by atoms with Gasteiger partial charge in [-0.25, -0.2) is 0 Å². The maximum absolute atomic E-state index is 12.9. The number of hydrogen-bond acceptors (Lipinski definition) is 4. The maximum Gasteiger partial charge on any atom is 0.270 e. The maximum atomic E-state index is 12.9. The van der Waals surface area contributed by atoms with Crippen LogP contribution in [0.15, 0.2) is 52.9 Å². The smallest absolute Gasteiger partial charge is 0.270 e. The fourth-order valence-corrected chi connectivity index (χ4v) is 3.47. The number of halogens is 2. The number of anilines is 1. The minimum absolute atomic E-state index is 0.0356. The normalized spacial score (nSPS) is 16.2. The minimum Gasteiger partial charge on any atom is -0.298 e. The van der Waals surface area contributed by atoms with Crippen molar-refractivity contribution in [3.8, 4) is 0 Å². The number of hydrogen-bond donors (Lipinski definition) is 1. The topological polar surface area (TPSA) is 49.4 Å². The van der Waals surface area contributed by atoms with Crippen LogP contribution in [0.1, 0.15) is 5.56 Å². The van der Waals surface area contributed by atoms with Crippen LogP contribution in [0, 0.1) is 0 Å². The first kappa shape index (κ1) is 18.9. The molecule has 1 saturated heterocycles. The zero-order chi connectivity index (χ0) is 18.8. The largest absolute Gasteiger partial charge is 0.298 e. The Kier molecular flexibility index (Phi) is 5.67. The Bertz CT molecular complexity index is 943. The number of thioether (sulfide) groups is 1. The van der Waals surface area contributed by atoms with E-state index >= 15 is 0 Å². The molecule has 4 nitrogen and oxygen atoms in total. The molecule has 2 amide bonds. The van der Waals surface area contributed by atoms with E-state index in [9.17, 15) is 9.59 Å². The second kappa shape index (κ2) is 7.80. The van der Waals surface area contributed by atoms with Crippen LogP contribution in [0.2, 0.25) is 10.0 Å². The summed E-state index contributed by atoms with van der Waals surface area (Å²) in [5.41, 5.74) is 1.01. The van der Waals surface area contributed by atoms with Crippen molar-refractivity contribution in [2.45, 2.75) is 4.90 Å². The Morgan fingerprint density at radius 2 is 1.81 bits per heavy atom. The van der Waals surface area contributed by atoms with Gasteiger partial charge in [-0.1, -0.05) is 41.4 Å². The molecule has 0 atom stereocenters. The van der Waals surface area contributed by atoms with E-state index in [0.717, 1.165) is 10.5 Å². The standard InChI is InChI=1S/C18H12Cl2N2O2S2/c1-26-11-7-5-10(6-8-11)9-12-16(23)21-18(25)22(17(12)24)14-4-2-3-13(19)15(14)20/h2-9H,1H3,(H,21,23,25). The highest BCUT2D eigenvalue weighted by atomic mass is 35.5. The number of thiocarbonyl (C=S) groups is 1. The Labute approximate surface area is 170 Å². The highest BCUT2D eigenvalue weighted by Crippen LogP contribution is 2.34. The average molecular weight is 423 g/mol. The van der Waals surface area contributed by atoms with Gasteiger partial charge in [-0.3, -0.25) is 19.8 Å². The average Bonchev–Trinajstić information content (AvgIpc) is 2.62. The number of nitrogens with zero attached hydrogens (tertiary/aromatic N) is 1. The van der Waals surface area contributed by atoms with Gasteiger partial charge in [-0.15, -0.1) is 11.8 Å². The van der Waals surface area contributed by atoms with Crippen LogP contribution in [0.5, 0.6) is 0 Å². The van der Waals surface area contributed by atoms with Gasteiger partial charge in [-0.2, -0.15) is 0 Å². The van der Waals surface area contributed by atoms with Crippen LogP contribution >= 0.6 is 47.2 Å². The lowest BCUT2D eigenvalue weighted by Gasteiger charge is -2.29. The summed E-state index contributed by atoms with van der Waals surface area (Å²) in [7, 11) is 0. The highest BCUT2D eigenvalue weighted by Gasteiger charge is 2.35. The van der Waals surface area contributed by atoms with Gasteiger partial charge in [0.1, 0.15) is 5.57 Å². The van der Waals surface area contributed by atoms with Crippen LogP contribution in [0.3, 0.4) is 0 Å². The van der Waals surface area contributed by atoms with Gasteiger partial charge in [0.2, 0.25) is 0 Å². The van der Waals surface area contributed by atoms with E-state index in [0.29, 0.717) is 5.69 Å². The molecule has 3 rings (SSSR count). The molecule has 2 aromatic rings. The lowest BCUT2D eigenvalue weighted by Crippen LogP contribution is -2.54. The van der Waals surface area contributed by atoms with Gasteiger partial charge in [0.05, 0.1) is 15.7 Å². The summed E-state index contributed by atoms with van der Waals surface area (Å²) in [4.78, 5) is 27.5. The highest BCUT2D eigenvalue weighted by molar-refractivity contribution is 7.98. The first-order chi connectivity index (χ1) is 12.4. The molecule has 1 aliphatic heterocycles. The van der Waals surface area contributed by atoms with Gasteiger partial charge in [0.25, 0.3) is 11.8 Å². The van der Waals surface area contributed by atoms with Crippen molar-refractivity contribution in [2.24, 2.45) is 0 Å². The zero-order valence-electron chi connectivity index (χ0n) is 13.5. The van der Waals surface area contributed by atoms with E-state index < -0.39 is 11.8 Å². The fraction of sp³-hybridized carbons (Fsp3) is 0.0556. The van der Waals surface area contributed by atoms with Crippen LogP contribution < -0.4 is 10.2 Å². The number of carbonyl (C=O) groups excluding carboxylic acids is 2. The third kappa shape index (κ3) is 3.64. The molecule has 26 heavy (non-hydrogen) atoms. The second-order valence-electron chi connectivity index (χ2n) is 5.30. The molecule has 2 aromatic carbocycles. The molecule has 0 radical (unpaired) electrons. The lowest BCUT2D eigenvalue weighted by atomic mass is 10.1. The van der Waals surface area contributed by atoms with Crippen LogP contribution in [-0.4, -0.2) is 23.2 Å². The Morgan fingerprint density at radius 1 is 1.12 bits per heavy atom. The first-order valence-electron chi connectivity index (χ1n) is 7.42. The molecule has 8 heteroatoms. The number of nitrogens with one attached hydrogen (secondary N) is 1. The predicted octanol–water partition coefficient (Wildman–Crippen LogP) is 4.55. The van der Waals surface area contributed by atoms with Crippen LogP contribution in [-0.2, 0) is 9.59 Å². The third-order valence-electron chi connectivity index (χ3n) is 3.70. The molecule has 1 heterocycles. The van der Waals surface area contributed by atoms with Crippen molar-refractivity contribution >= 4 is 75.9 Å². The monoisotopic (exact) mass is 422 g/mol. The SMILES string of the molecule is CSc1ccc(C=C2C(=O)NC(=S)N(c3cccc(Cl)c3Cl)C2=O)cc1. The van der Waals surface area contributed by atoms with Gasteiger partial charge in [0.15, 0.2) is 5.11 Å². The minimum atomic E-state index is -0.558. The summed E-state index contributed by atoms with van der Waals surface area (Å²) in [6.45, 7) is 0. The van der Waals surface area contributed by atoms with E-state index in [2.05, 4.69) is 5.32 Å². The van der Waals surface area contributed by atoms with Crippen molar-refractivity contribution in [1.82, 2.24) is 5.32 Å². The molecule has 1 fully saturated rings. The summed E-state index contributed by atoms with van der Waals surface area (Å²) < 4.78 is 0. The second-order valence-corrected chi connectivity index (χ2v) is 7.36. The fourth-order valence-electron chi connectivity index (χ4n) is 2.41. The zero-order valence-corrected chi connectivity index (χ0v) is 16.6. The molecular weight excluding hydrogens is 411 g/mol. The van der Waals surface area contributed by atoms with Gasteiger partial charge < -0.3 is 0 Å². The summed E-state index contributed by atoms with van der Waals surface area (Å²) >= 11 is 19.0. The van der Waals surface area contributed by atoms with E-state index in [4.69, 9.17) is 35.4 Å². The summed E-state index contributed by atoms with van der Waals surface area (Å²) in [6, 6.07) is 12.4. The van der Waals surface area contributed by atoms with Crippen molar-refractivity contribution in [1.29, 1.82) is 0 Å². The molecule has 0 bridgehead atoms. The lowest BCUT2D eigenvalue weighted by molar-refractivity contribution is -0.122. The van der Waals surface area contributed by atoms with Crippen LogP contribution in [0.25, 0.3) is 6.08 Å². The third-order valence-corrected chi connectivity index (χ3v) is 5.54. The number of carbonyl (C=O) groups is 2. The molecule has 0 aliphatic carbocycles. The van der Waals surface area contributed by atoms with E-state index in [-0.39, 0.29) is 20.7 Å². The molecular formula is C18H12Cl2N2O2S2. The van der Waals surface area contributed by atoms with Gasteiger partial charge in [-0.05, 0) is 54.4 Å². The first-order valence-corrected chi connectivity index (χ1v) is 9.81. The van der Waals surface area contributed by atoms with Crippen molar-refractivity contribution < 1.29 is 9.59 Å². The summed E-state index contributed by atoms with van der Waals surface area (Å²) in [5.74, 6) is -1.11. The van der Waals surface area contributed by atoms with Gasteiger partial charge >= 0.3 is 0 Å². The Balaban J connectivity index is 2.02. The van der Waals surface area contributed by atoms with Gasteiger partial charge in [0, 0.05) is 4.90 Å². The van der Waals surface area contributed by atoms with Crippen molar-refractivity contribution in [2.75, 3.05) is 11.2 Å². The summed E-state index contributed by atoms with van der Waals surface area (Å²) in [6.07, 6.45) is 3.49. The Hall–Kier alpha value is -1.86. The molecule has 1 N–H and O–H groups in total. The number of amides is 2. The van der Waals surface area contributed by atoms with E-state index in [1.54, 1.807) is 30.0 Å². The molecule has 0 saturated carbocycles. The summed E-state index contributed by atoms with van der Waals surface area (Å²) in [5, 5.41) is 2.95. The molecule has 0 spiro atoms. The molecule has 132 valence electrons. The molecule has 1 aliphatic rings. The molecule has 0 unspecified atom stereocenters. The predicted molar refractivity (Wildman–Crippen MR) is 111 cm³/mol. The van der Waals surface area contributed by atoms with Crippen molar-refractivity contribution in [3.05, 3.63) is 63.6 Å².